The van der Waals surface area contributed by atoms with Gasteiger partial charge in [-0.2, -0.15) is 0 Å². The molecule has 0 saturated carbocycles. The molecule has 0 aliphatic heterocycles. The molecule has 0 radical (unpaired) electrons. The van der Waals surface area contributed by atoms with Gasteiger partial charge in [-0.05, 0) is 13.8 Å². The van der Waals surface area contributed by atoms with Crippen molar-refractivity contribution in [1.29, 1.82) is 0 Å². The van der Waals surface area contributed by atoms with Gasteiger partial charge in [0, 0.05) is 24.2 Å². The molecule has 224 valence electrons. The SMILES string of the molecule is C=C(C)C(=O)NCCO.C=C(C)C(=O)NCCOCC(COCC(CO)OCC(O)CO)OCC(O)CO. The number of carbonyl (C=O) groups is 2. The number of aliphatic hydroxyl groups is 6. The Morgan fingerprint density at radius 3 is 1.58 bits per heavy atom. The van der Waals surface area contributed by atoms with Crippen LogP contribution in [0.15, 0.2) is 24.3 Å². The molecule has 0 bridgehead atoms. The van der Waals surface area contributed by atoms with Crippen molar-refractivity contribution in [3.63, 3.8) is 0 Å². The Hall–Kier alpha value is -1.98. The van der Waals surface area contributed by atoms with E-state index >= 15 is 0 Å². The maximum atomic E-state index is 11.4. The predicted molar refractivity (Wildman–Crippen MR) is 137 cm³/mol. The largest absolute Gasteiger partial charge is 0.395 e. The predicted octanol–water partition coefficient (Wildman–Crippen LogP) is -3.15. The molecular formula is C24H46N2O12. The van der Waals surface area contributed by atoms with Crippen LogP contribution in [0.5, 0.6) is 0 Å². The van der Waals surface area contributed by atoms with Crippen LogP contribution < -0.4 is 10.6 Å². The first-order valence-electron chi connectivity index (χ1n) is 12.1. The standard InChI is InChI=1S/C18H35NO10.C6H11NO2/c1-13(2)18(25)19-3-4-26-11-17(29-9-15(24)6-21)12-27-10-16(7-22)28-8-14(23)5-20;1-5(2)6(9)7-3-4-8/h14-17,20-24H,1,3-12H2,2H3,(H,19,25);8H,1,3-4H2,2H3,(H,7,9). The van der Waals surface area contributed by atoms with E-state index in [-0.39, 0.29) is 71.2 Å². The van der Waals surface area contributed by atoms with E-state index in [1.54, 1.807) is 13.8 Å². The van der Waals surface area contributed by atoms with Crippen molar-refractivity contribution in [1.82, 2.24) is 10.6 Å². The summed E-state index contributed by atoms with van der Waals surface area (Å²) in [5, 5.41) is 58.9. The average molecular weight is 555 g/mol. The lowest BCUT2D eigenvalue weighted by Gasteiger charge is -2.22. The Balaban J connectivity index is 0. The lowest BCUT2D eigenvalue weighted by molar-refractivity contribution is -0.119. The molecule has 0 fully saturated rings. The highest BCUT2D eigenvalue weighted by Crippen LogP contribution is 2.01. The first kappa shape index (κ1) is 38.2. The number of amides is 2. The second-order valence-electron chi connectivity index (χ2n) is 8.17. The Morgan fingerprint density at radius 2 is 1.13 bits per heavy atom. The molecule has 0 saturated heterocycles. The van der Waals surface area contributed by atoms with Crippen LogP contribution in [0.1, 0.15) is 13.8 Å². The fraction of sp³-hybridized carbons (Fsp3) is 0.750. The zero-order valence-electron chi connectivity index (χ0n) is 22.3. The van der Waals surface area contributed by atoms with Gasteiger partial charge in [0.05, 0.1) is 66.1 Å². The van der Waals surface area contributed by atoms with Crippen molar-refractivity contribution >= 4 is 11.8 Å². The van der Waals surface area contributed by atoms with E-state index in [9.17, 15) is 24.9 Å². The molecule has 38 heavy (non-hydrogen) atoms. The number of hydrogen-bond acceptors (Lipinski definition) is 12. The van der Waals surface area contributed by atoms with Crippen LogP contribution in [0.3, 0.4) is 0 Å². The molecule has 14 nitrogen and oxygen atoms in total. The molecule has 0 heterocycles. The Kier molecular flexibility index (Phi) is 25.4. The van der Waals surface area contributed by atoms with Gasteiger partial charge in [-0.25, -0.2) is 0 Å². The minimum Gasteiger partial charge on any atom is -0.395 e. The van der Waals surface area contributed by atoms with E-state index in [4.69, 9.17) is 34.3 Å². The Morgan fingerprint density at radius 1 is 0.684 bits per heavy atom. The van der Waals surface area contributed by atoms with E-state index in [1.807, 2.05) is 0 Å². The van der Waals surface area contributed by atoms with Gasteiger partial charge in [0.2, 0.25) is 11.8 Å². The van der Waals surface area contributed by atoms with Crippen molar-refractivity contribution in [2.45, 2.75) is 38.3 Å². The number of hydrogen-bond donors (Lipinski definition) is 8. The van der Waals surface area contributed by atoms with Crippen LogP contribution in [0, 0.1) is 0 Å². The van der Waals surface area contributed by atoms with Gasteiger partial charge in [-0.15, -0.1) is 0 Å². The zero-order valence-corrected chi connectivity index (χ0v) is 22.3. The van der Waals surface area contributed by atoms with Crippen molar-refractivity contribution in [3.05, 3.63) is 24.3 Å². The van der Waals surface area contributed by atoms with Crippen LogP contribution in [0.4, 0.5) is 0 Å². The molecule has 14 heteroatoms. The van der Waals surface area contributed by atoms with Crippen LogP contribution in [-0.4, -0.2) is 146 Å². The summed E-state index contributed by atoms with van der Waals surface area (Å²) in [7, 11) is 0. The third-order valence-electron chi connectivity index (χ3n) is 4.29. The molecule has 4 unspecified atom stereocenters. The lowest BCUT2D eigenvalue weighted by Crippen LogP contribution is -2.35. The highest BCUT2D eigenvalue weighted by Gasteiger charge is 2.16. The second kappa shape index (κ2) is 25.3. The second-order valence-corrected chi connectivity index (χ2v) is 8.17. The third kappa shape index (κ3) is 23.2. The monoisotopic (exact) mass is 554 g/mol. The maximum Gasteiger partial charge on any atom is 0.246 e. The molecule has 0 aromatic heterocycles. The zero-order chi connectivity index (χ0) is 29.3. The fourth-order valence-corrected chi connectivity index (χ4v) is 2.15. The lowest BCUT2D eigenvalue weighted by atomic mass is 10.3. The minimum atomic E-state index is -1.04. The molecular weight excluding hydrogens is 508 g/mol. The summed E-state index contributed by atoms with van der Waals surface area (Å²) >= 11 is 0. The van der Waals surface area contributed by atoms with Gasteiger partial charge in [0.1, 0.15) is 24.4 Å². The molecule has 0 spiro atoms. The number of aliphatic hydroxyl groups excluding tert-OH is 6. The highest BCUT2D eigenvalue weighted by atomic mass is 16.6. The molecule has 0 aromatic carbocycles. The molecule has 0 aromatic rings. The fourth-order valence-electron chi connectivity index (χ4n) is 2.15. The molecule has 8 N–H and O–H groups in total. The maximum absolute atomic E-state index is 11.4. The van der Waals surface area contributed by atoms with E-state index in [1.165, 1.54) is 0 Å². The highest BCUT2D eigenvalue weighted by molar-refractivity contribution is 5.92. The third-order valence-corrected chi connectivity index (χ3v) is 4.29. The van der Waals surface area contributed by atoms with E-state index in [2.05, 4.69) is 23.8 Å². The van der Waals surface area contributed by atoms with Gasteiger partial charge in [-0.1, -0.05) is 13.2 Å². The average Bonchev–Trinajstić information content (AvgIpc) is 2.90. The number of rotatable bonds is 22. The summed E-state index contributed by atoms with van der Waals surface area (Å²) < 4.78 is 21.6. The quantitative estimate of drug-likeness (QED) is 0.0492. The summed E-state index contributed by atoms with van der Waals surface area (Å²) in [5.41, 5.74) is 0.855. The van der Waals surface area contributed by atoms with Crippen molar-refractivity contribution in [2.24, 2.45) is 0 Å². The van der Waals surface area contributed by atoms with Crippen molar-refractivity contribution in [3.8, 4) is 0 Å². The molecule has 0 aliphatic rings. The van der Waals surface area contributed by atoms with Crippen LogP contribution in [0.25, 0.3) is 0 Å². The number of ether oxygens (including phenoxy) is 4. The van der Waals surface area contributed by atoms with Crippen LogP contribution >= 0.6 is 0 Å². The Labute approximate surface area is 223 Å². The molecule has 0 aliphatic carbocycles. The molecule has 2 amide bonds. The van der Waals surface area contributed by atoms with Crippen LogP contribution in [-0.2, 0) is 28.5 Å². The van der Waals surface area contributed by atoms with Crippen molar-refractivity contribution < 1.29 is 59.2 Å². The van der Waals surface area contributed by atoms with Gasteiger partial charge >= 0.3 is 0 Å². The summed E-state index contributed by atoms with van der Waals surface area (Å²) in [6.07, 6.45) is -3.35. The Bertz CT molecular complexity index is 650. The summed E-state index contributed by atoms with van der Waals surface area (Å²) in [5.74, 6) is -0.471. The molecule has 0 rings (SSSR count). The molecule has 4 atom stereocenters. The van der Waals surface area contributed by atoms with E-state index in [0.717, 1.165) is 0 Å². The van der Waals surface area contributed by atoms with Gasteiger partial charge in [0.25, 0.3) is 0 Å². The number of carbonyl (C=O) groups excluding carboxylic acids is 2. The first-order valence-corrected chi connectivity index (χ1v) is 12.1. The summed E-state index contributed by atoms with van der Waals surface area (Å²) in [6.45, 7) is 9.59. The van der Waals surface area contributed by atoms with Gasteiger partial charge in [-0.3, -0.25) is 9.59 Å². The minimum absolute atomic E-state index is 0.00569. The smallest absolute Gasteiger partial charge is 0.246 e. The number of nitrogens with one attached hydrogen (secondary N) is 2. The first-order chi connectivity index (χ1) is 18.0. The van der Waals surface area contributed by atoms with Gasteiger partial charge < -0.3 is 60.2 Å². The van der Waals surface area contributed by atoms with Gasteiger partial charge in [0.15, 0.2) is 0 Å². The normalized spacial score (nSPS) is 13.9. The summed E-state index contributed by atoms with van der Waals surface area (Å²) in [6, 6.07) is 0. The van der Waals surface area contributed by atoms with E-state index < -0.39 is 37.6 Å². The topological polar surface area (TPSA) is 216 Å². The van der Waals surface area contributed by atoms with E-state index in [0.29, 0.717) is 17.7 Å². The van der Waals surface area contributed by atoms with Crippen molar-refractivity contribution in [2.75, 3.05) is 79.2 Å². The summed E-state index contributed by atoms with van der Waals surface area (Å²) in [4.78, 5) is 22.0. The van der Waals surface area contributed by atoms with Crippen LogP contribution in [0.2, 0.25) is 0 Å².